The number of carbonyl (C=O) groups is 1. The molecule has 2 heterocycles. The Labute approximate surface area is 143 Å². The largest absolute Gasteiger partial charge is 0.465 e. The molecule has 1 aliphatic heterocycles. The van der Waals surface area contributed by atoms with Crippen molar-refractivity contribution in [2.24, 2.45) is 0 Å². The molecule has 1 fully saturated rings. The first-order valence-electron chi connectivity index (χ1n) is 7.47. The average molecular weight is 362 g/mol. The number of hydrogen-bond donors (Lipinski definition) is 3. The molecule has 1 aliphatic rings. The van der Waals surface area contributed by atoms with E-state index in [9.17, 15) is 20.0 Å². The lowest BCUT2D eigenvalue weighted by atomic mass is 10.0. The number of imidazole rings is 1. The predicted molar refractivity (Wildman–Crippen MR) is 85.1 cm³/mol. The molecular weight excluding hydrogens is 342 g/mol. The second-order valence-electron chi connectivity index (χ2n) is 6.25. The summed E-state index contributed by atoms with van der Waals surface area (Å²) in [5, 5.41) is 32.4. The van der Waals surface area contributed by atoms with Crippen LogP contribution in [0.15, 0.2) is 6.20 Å². The summed E-state index contributed by atoms with van der Waals surface area (Å²) >= 11 is 5.86. The number of nitro groups is 1. The molecule has 0 saturated carbocycles. The smallest absolute Gasteiger partial charge is 0.404 e. The van der Waals surface area contributed by atoms with Crippen LogP contribution >= 0.6 is 11.6 Å². The molecule has 134 valence electrons. The van der Waals surface area contributed by atoms with Gasteiger partial charge in [0.25, 0.3) is 0 Å². The normalized spacial score (nSPS) is 19.0. The maximum Gasteiger partial charge on any atom is 0.404 e. The van der Waals surface area contributed by atoms with Crippen molar-refractivity contribution < 1.29 is 19.9 Å². The lowest BCUT2D eigenvalue weighted by Crippen LogP contribution is -2.50. The second kappa shape index (κ2) is 7.32. The average Bonchev–Trinajstić information content (AvgIpc) is 2.81. The van der Waals surface area contributed by atoms with Crippen LogP contribution in [0.4, 0.5) is 10.6 Å². The van der Waals surface area contributed by atoms with E-state index in [4.69, 9.17) is 16.7 Å². The number of halogens is 1. The molecule has 1 aromatic rings. The first kappa shape index (κ1) is 18.4. The molecule has 0 radical (unpaired) electrons. The van der Waals surface area contributed by atoms with E-state index in [0.29, 0.717) is 32.5 Å². The molecule has 2 rings (SSSR count). The Morgan fingerprint density at radius 2 is 2.17 bits per heavy atom. The van der Waals surface area contributed by atoms with Crippen LogP contribution in [0.1, 0.15) is 19.8 Å². The number of β-amino-alcohol motifs (C(OH)–C–C–N with tert-alkyl or cyclic N) is 1. The van der Waals surface area contributed by atoms with Crippen LogP contribution in [0.25, 0.3) is 0 Å². The number of nitrogens with one attached hydrogen (secondary N) is 1. The summed E-state index contributed by atoms with van der Waals surface area (Å²) in [6.07, 6.45) is 1.50. The van der Waals surface area contributed by atoms with E-state index >= 15 is 0 Å². The molecule has 1 saturated heterocycles. The van der Waals surface area contributed by atoms with Crippen LogP contribution < -0.4 is 5.32 Å². The molecule has 0 aromatic carbocycles. The first-order valence-corrected chi connectivity index (χ1v) is 7.85. The van der Waals surface area contributed by atoms with Crippen molar-refractivity contribution in [2.75, 3.05) is 19.6 Å². The maximum absolute atomic E-state index is 10.7. The topological polar surface area (TPSA) is 134 Å². The van der Waals surface area contributed by atoms with Crippen molar-refractivity contribution in [1.29, 1.82) is 0 Å². The number of carboxylic acid groups (broad SMARTS) is 1. The monoisotopic (exact) mass is 361 g/mol. The zero-order valence-corrected chi connectivity index (χ0v) is 13.9. The fourth-order valence-corrected chi connectivity index (χ4v) is 3.08. The molecule has 1 aromatic heterocycles. The zero-order valence-electron chi connectivity index (χ0n) is 13.2. The number of piperidine rings is 1. The fourth-order valence-electron chi connectivity index (χ4n) is 2.89. The molecule has 1 amide bonds. The van der Waals surface area contributed by atoms with Crippen molar-refractivity contribution in [3.63, 3.8) is 0 Å². The van der Waals surface area contributed by atoms with Crippen LogP contribution in [-0.2, 0) is 6.54 Å². The van der Waals surface area contributed by atoms with E-state index in [2.05, 4.69) is 10.3 Å². The number of hydrogen-bond acceptors (Lipinski definition) is 6. The van der Waals surface area contributed by atoms with Crippen LogP contribution in [0.2, 0.25) is 5.28 Å². The van der Waals surface area contributed by atoms with Crippen molar-refractivity contribution >= 4 is 23.5 Å². The molecule has 0 spiro atoms. The fraction of sp³-hybridized carbons (Fsp3) is 0.692. The van der Waals surface area contributed by atoms with Gasteiger partial charge in [-0.05, 0) is 41.3 Å². The van der Waals surface area contributed by atoms with E-state index in [1.54, 1.807) is 6.92 Å². The minimum Gasteiger partial charge on any atom is -0.465 e. The van der Waals surface area contributed by atoms with Gasteiger partial charge in [0.2, 0.25) is 0 Å². The molecular formula is C13H20ClN5O5. The lowest BCUT2D eigenvalue weighted by molar-refractivity contribution is -0.389. The van der Waals surface area contributed by atoms with Gasteiger partial charge in [-0.1, -0.05) is 0 Å². The van der Waals surface area contributed by atoms with E-state index in [-0.39, 0.29) is 23.7 Å². The van der Waals surface area contributed by atoms with Crippen LogP contribution in [-0.4, -0.2) is 67.0 Å². The van der Waals surface area contributed by atoms with Gasteiger partial charge in [0.15, 0.2) is 0 Å². The van der Waals surface area contributed by atoms with Crippen LogP contribution in [0.3, 0.4) is 0 Å². The summed E-state index contributed by atoms with van der Waals surface area (Å²) in [5.74, 6) is -0.364. The van der Waals surface area contributed by atoms with Gasteiger partial charge in [0.05, 0.1) is 12.1 Å². The van der Waals surface area contributed by atoms with Crippen molar-refractivity contribution in [3.8, 4) is 0 Å². The SMILES string of the molecule is CC(O)(CN1CCC(NC(=O)O)CC1)Cn1cc([N+](=O)[O-])nc1Cl. The highest BCUT2D eigenvalue weighted by atomic mass is 35.5. The Balaban J connectivity index is 1.90. The summed E-state index contributed by atoms with van der Waals surface area (Å²) < 4.78 is 1.35. The Hall–Kier alpha value is -1.91. The second-order valence-corrected chi connectivity index (χ2v) is 6.59. The maximum atomic E-state index is 10.7. The highest BCUT2D eigenvalue weighted by molar-refractivity contribution is 6.28. The molecule has 3 N–H and O–H groups in total. The minimum absolute atomic E-state index is 0.0497. The summed E-state index contributed by atoms with van der Waals surface area (Å²) in [6.45, 7) is 3.34. The number of rotatable bonds is 6. The van der Waals surface area contributed by atoms with Gasteiger partial charge in [-0.25, -0.2) is 4.79 Å². The van der Waals surface area contributed by atoms with Gasteiger partial charge in [0, 0.05) is 25.7 Å². The Bertz CT molecular complexity index is 612. The molecule has 0 aliphatic carbocycles. The standard InChI is InChI=1S/C13H20ClN5O5/c1-13(22,8-18-6-10(19(23)24)16-11(18)14)7-17-4-2-9(3-5-17)15-12(20)21/h6,9,15,22H,2-5,7-8H2,1H3,(H,20,21). The van der Waals surface area contributed by atoms with E-state index in [0.717, 1.165) is 0 Å². The predicted octanol–water partition coefficient (Wildman–Crippen LogP) is 0.928. The Morgan fingerprint density at radius 3 is 2.67 bits per heavy atom. The highest BCUT2D eigenvalue weighted by Gasteiger charge is 2.30. The third kappa shape index (κ3) is 5.05. The minimum atomic E-state index is -1.16. The van der Waals surface area contributed by atoms with Gasteiger partial charge in [-0.15, -0.1) is 0 Å². The number of aromatic nitrogens is 2. The van der Waals surface area contributed by atoms with Gasteiger partial charge >= 0.3 is 17.2 Å². The summed E-state index contributed by atoms with van der Waals surface area (Å²) in [6, 6.07) is -0.0746. The molecule has 24 heavy (non-hydrogen) atoms. The highest BCUT2D eigenvalue weighted by Crippen LogP contribution is 2.21. The van der Waals surface area contributed by atoms with Crippen molar-refractivity contribution in [2.45, 2.75) is 38.0 Å². The number of nitrogens with zero attached hydrogens (tertiary/aromatic N) is 4. The van der Waals surface area contributed by atoms with E-state index < -0.39 is 16.6 Å². The van der Waals surface area contributed by atoms with Gasteiger partial charge in [-0.3, -0.25) is 4.57 Å². The van der Waals surface area contributed by atoms with Crippen molar-refractivity contribution in [1.82, 2.24) is 19.8 Å². The quantitative estimate of drug-likeness (QED) is 0.506. The van der Waals surface area contributed by atoms with Crippen LogP contribution in [0, 0.1) is 10.1 Å². The molecule has 0 bridgehead atoms. The summed E-state index contributed by atoms with van der Waals surface area (Å²) in [4.78, 5) is 26.3. The van der Waals surface area contributed by atoms with E-state index in [1.807, 2.05) is 4.90 Å². The van der Waals surface area contributed by atoms with Gasteiger partial charge in [0.1, 0.15) is 6.20 Å². The van der Waals surface area contributed by atoms with E-state index in [1.165, 1.54) is 10.8 Å². The molecule has 10 nitrogen and oxygen atoms in total. The summed E-state index contributed by atoms with van der Waals surface area (Å²) in [5.41, 5.74) is -1.16. The molecule has 1 atom stereocenters. The zero-order chi connectivity index (χ0) is 17.9. The number of aliphatic hydroxyl groups is 1. The van der Waals surface area contributed by atoms with Gasteiger partial charge in [-0.2, -0.15) is 0 Å². The third-order valence-electron chi connectivity index (χ3n) is 3.89. The molecule has 11 heteroatoms. The third-order valence-corrected chi connectivity index (χ3v) is 4.19. The van der Waals surface area contributed by atoms with Gasteiger partial charge < -0.3 is 30.5 Å². The lowest BCUT2D eigenvalue weighted by Gasteiger charge is -2.36. The first-order chi connectivity index (χ1) is 11.2. The molecule has 1 unspecified atom stereocenters. The number of likely N-dealkylation sites (tertiary alicyclic amines) is 1. The van der Waals surface area contributed by atoms with Crippen molar-refractivity contribution in [3.05, 3.63) is 21.6 Å². The number of amides is 1. The summed E-state index contributed by atoms with van der Waals surface area (Å²) in [7, 11) is 0. The Kier molecular flexibility index (Phi) is 5.62. The van der Waals surface area contributed by atoms with Crippen LogP contribution in [0.5, 0.6) is 0 Å². The Morgan fingerprint density at radius 1 is 1.54 bits per heavy atom.